The van der Waals surface area contributed by atoms with Crippen LogP contribution >= 0.6 is 0 Å². The van der Waals surface area contributed by atoms with Crippen LogP contribution in [0.2, 0.25) is 0 Å². The van der Waals surface area contributed by atoms with Crippen molar-refractivity contribution in [2.24, 2.45) is 11.7 Å². The molecule has 0 radical (unpaired) electrons. The number of carbonyl (C=O) groups excluding carboxylic acids is 3. The Hall–Kier alpha value is -3.34. The normalized spacial score (nSPS) is 13.2. The first-order chi connectivity index (χ1) is 18.4. The van der Waals surface area contributed by atoms with Gasteiger partial charge in [0, 0.05) is 19.3 Å². The number of carbonyl (C=O) groups is 4. The van der Waals surface area contributed by atoms with Crippen molar-refractivity contribution in [1.82, 2.24) is 0 Å². The van der Waals surface area contributed by atoms with Crippen LogP contribution in [0.15, 0.2) is 18.2 Å². The van der Waals surface area contributed by atoms with Crippen LogP contribution < -0.4 is 15.2 Å². The number of hydrogen-bond acceptors (Lipinski definition) is 10. The number of aliphatic carboxylic acids is 1. The third-order valence-electron chi connectivity index (χ3n) is 5.69. The Morgan fingerprint density at radius 3 is 2.00 bits per heavy atom. The van der Waals surface area contributed by atoms with Gasteiger partial charge in [0.25, 0.3) is 0 Å². The number of ether oxygens (including phenoxy) is 5. The van der Waals surface area contributed by atoms with E-state index in [2.05, 4.69) is 0 Å². The topological polar surface area (TPSA) is 161 Å². The van der Waals surface area contributed by atoms with Crippen molar-refractivity contribution in [3.05, 3.63) is 23.8 Å². The average molecular weight is 554 g/mol. The SMILES string of the molecule is CCCCOC(=O)Oc1ccc(C[C@](N)(C[C@H](C)OC(=O)CCC(C)C)C(=O)O)cc1OC(=O)OCCCC. The lowest BCUT2D eigenvalue weighted by Crippen LogP contribution is -2.52. The van der Waals surface area contributed by atoms with Gasteiger partial charge in [0.2, 0.25) is 0 Å². The van der Waals surface area contributed by atoms with Gasteiger partial charge < -0.3 is 34.5 Å². The lowest BCUT2D eigenvalue weighted by Gasteiger charge is -2.28. The van der Waals surface area contributed by atoms with Gasteiger partial charge in [0.05, 0.1) is 13.2 Å². The highest BCUT2D eigenvalue weighted by molar-refractivity contribution is 5.79. The van der Waals surface area contributed by atoms with Gasteiger partial charge >= 0.3 is 24.2 Å². The summed E-state index contributed by atoms with van der Waals surface area (Å²) in [6, 6.07) is 4.19. The first-order valence-corrected chi connectivity index (χ1v) is 13.4. The van der Waals surface area contributed by atoms with Crippen LogP contribution in [-0.2, 0) is 30.2 Å². The zero-order valence-corrected chi connectivity index (χ0v) is 23.7. The smallest absolute Gasteiger partial charge is 0.480 e. The molecular weight excluding hydrogens is 510 g/mol. The van der Waals surface area contributed by atoms with E-state index in [1.165, 1.54) is 18.2 Å². The number of benzene rings is 1. The van der Waals surface area contributed by atoms with E-state index in [1.54, 1.807) is 6.92 Å². The molecule has 0 unspecified atom stereocenters. The van der Waals surface area contributed by atoms with Crippen LogP contribution in [0.3, 0.4) is 0 Å². The molecule has 0 saturated carbocycles. The first kappa shape index (κ1) is 33.7. The molecule has 1 aromatic carbocycles. The van der Waals surface area contributed by atoms with Gasteiger partial charge in [0.15, 0.2) is 11.5 Å². The van der Waals surface area contributed by atoms with Crippen molar-refractivity contribution in [3.8, 4) is 11.5 Å². The minimum absolute atomic E-state index is 0.113. The van der Waals surface area contributed by atoms with Crippen molar-refractivity contribution < 1.29 is 48.0 Å². The van der Waals surface area contributed by atoms with Crippen molar-refractivity contribution in [2.45, 2.75) is 97.6 Å². The quantitative estimate of drug-likeness (QED) is 0.110. The molecule has 11 nitrogen and oxygen atoms in total. The van der Waals surface area contributed by atoms with Crippen LogP contribution in [0.4, 0.5) is 9.59 Å². The van der Waals surface area contributed by atoms with Crippen LogP contribution in [-0.4, -0.2) is 54.2 Å². The molecular formula is C28H43NO10. The van der Waals surface area contributed by atoms with Crippen molar-refractivity contribution >= 4 is 24.2 Å². The average Bonchev–Trinajstić information content (AvgIpc) is 2.84. The molecule has 3 N–H and O–H groups in total. The summed E-state index contributed by atoms with van der Waals surface area (Å²) in [5, 5.41) is 9.91. The van der Waals surface area contributed by atoms with Crippen LogP contribution in [0.25, 0.3) is 0 Å². The lowest BCUT2D eigenvalue weighted by atomic mass is 9.86. The van der Waals surface area contributed by atoms with Crippen molar-refractivity contribution in [2.75, 3.05) is 13.2 Å². The maximum atomic E-state index is 12.2. The molecule has 1 rings (SSSR count). The highest BCUT2D eigenvalue weighted by atomic mass is 16.7. The van der Waals surface area contributed by atoms with E-state index in [0.29, 0.717) is 30.7 Å². The molecule has 0 saturated heterocycles. The summed E-state index contributed by atoms with van der Waals surface area (Å²) in [7, 11) is 0. The number of hydrogen-bond donors (Lipinski definition) is 2. The second-order valence-corrected chi connectivity index (χ2v) is 9.96. The number of esters is 1. The zero-order chi connectivity index (χ0) is 29.4. The summed E-state index contributed by atoms with van der Waals surface area (Å²) in [5.41, 5.74) is 4.83. The third-order valence-corrected chi connectivity index (χ3v) is 5.69. The van der Waals surface area contributed by atoms with Gasteiger partial charge in [-0.1, -0.05) is 46.6 Å². The summed E-state index contributed by atoms with van der Waals surface area (Å²) in [6.07, 6.45) is 0.696. The van der Waals surface area contributed by atoms with Crippen LogP contribution in [0.1, 0.15) is 85.1 Å². The summed E-state index contributed by atoms with van der Waals surface area (Å²) in [5.74, 6) is -1.67. The molecule has 220 valence electrons. The van der Waals surface area contributed by atoms with Gasteiger partial charge in [-0.3, -0.25) is 9.59 Å². The Balaban J connectivity index is 3.08. The standard InChI is InChI=1S/C28H43NO10/c1-6-8-14-35-26(33)38-22-12-11-21(16-23(22)39-27(34)36-15-9-7-2)18-28(29,25(31)32)17-20(5)37-24(30)13-10-19(3)4/h11-12,16,19-20H,6-10,13-15,17-18,29H2,1-5H3,(H,31,32)/t20-,28+/m0/s1. The number of carboxylic acids is 1. The van der Waals surface area contributed by atoms with Gasteiger partial charge in [0.1, 0.15) is 11.6 Å². The molecule has 0 spiro atoms. The van der Waals surface area contributed by atoms with E-state index in [9.17, 15) is 24.3 Å². The molecule has 0 aliphatic carbocycles. The van der Waals surface area contributed by atoms with Crippen LogP contribution in [0.5, 0.6) is 11.5 Å². The van der Waals surface area contributed by atoms with Crippen LogP contribution in [0, 0.1) is 5.92 Å². The lowest BCUT2D eigenvalue weighted by molar-refractivity contribution is -0.153. The Bertz CT molecular complexity index is 948. The minimum Gasteiger partial charge on any atom is -0.480 e. The van der Waals surface area contributed by atoms with E-state index in [4.69, 9.17) is 29.4 Å². The fraction of sp³-hybridized carbons (Fsp3) is 0.643. The number of nitrogens with two attached hydrogens (primary N) is 1. The van der Waals surface area contributed by atoms with E-state index < -0.39 is 35.9 Å². The second-order valence-electron chi connectivity index (χ2n) is 9.96. The zero-order valence-electron chi connectivity index (χ0n) is 23.7. The number of carboxylic acid groups (broad SMARTS) is 1. The molecule has 1 aromatic rings. The molecule has 11 heteroatoms. The monoisotopic (exact) mass is 553 g/mol. The molecule has 0 amide bonds. The summed E-state index contributed by atoms with van der Waals surface area (Å²) < 4.78 is 25.9. The fourth-order valence-corrected chi connectivity index (χ4v) is 3.51. The Morgan fingerprint density at radius 1 is 0.923 bits per heavy atom. The van der Waals surface area contributed by atoms with Crippen molar-refractivity contribution in [3.63, 3.8) is 0 Å². The van der Waals surface area contributed by atoms with E-state index in [-0.39, 0.29) is 44.0 Å². The highest BCUT2D eigenvalue weighted by Gasteiger charge is 2.37. The van der Waals surface area contributed by atoms with E-state index in [0.717, 1.165) is 12.8 Å². The summed E-state index contributed by atoms with van der Waals surface area (Å²) in [4.78, 5) is 48.5. The van der Waals surface area contributed by atoms with Gasteiger partial charge in [-0.2, -0.15) is 0 Å². The highest BCUT2D eigenvalue weighted by Crippen LogP contribution is 2.31. The molecule has 0 aliphatic rings. The molecule has 0 aromatic heterocycles. The van der Waals surface area contributed by atoms with Gasteiger partial charge in [-0.05, 0) is 49.8 Å². The molecule has 0 fully saturated rings. The van der Waals surface area contributed by atoms with Crippen molar-refractivity contribution in [1.29, 1.82) is 0 Å². The maximum absolute atomic E-state index is 12.2. The molecule has 2 atom stereocenters. The second kappa shape index (κ2) is 17.3. The predicted molar refractivity (Wildman–Crippen MR) is 143 cm³/mol. The Morgan fingerprint density at radius 2 is 1.49 bits per heavy atom. The molecule has 39 heavy (non-hydrogen) atoms. The molecule has 0 bridgehead atoms. The summed E-state index contributed by atoms with van der Waals surface area (Å²) >= 11 is 0. The molecule has 0 aliphatic heterocycles. The number of rotatable bonds is 17. The minimum atomic E-state index is -1.81. The summed E-state index contributed by atoms with van der Waals surface area (Å²) in [6.45, 7) is 9.74. The van der Waals surface area contributed by atoms with E-state index >= 15 is 0 Å². The van der Waals surface area contributed by atoms with E-state index in [1.807, 2.05) is 27.7 Å². The largest absolute Gasteiger partial charge is 0.513 e. The predicted octanol–water partition coefficient (Wildman–Crippen LogP) is 5.40. The third kappa shape index (κ3) is 13.3. The number of unbranched alkanes of at least 4 members (excludes halogenated alkanes) is 2. The Kier molecular flexibility index (Phi) is 14.9. The van der Waals surface area contributed by atoms with Gasteiger partial charge in [-0.25, -0.2) is 9.59 Å². The maximum Gasteiger partial charge on any atom is 0.513 e. The first-order valence-electron chi connectivity index (χ1n) is 13.4. The molecule has 0 heterocycles. The van der Waals surface area contributed by atoms with Gasteiger partial charge in [-0.15, -0.1) is 0 Å². The fourth-order valence-electron chi connectivity index (χ4n) is 3.51. The Labute approximate surface area is 230 Å².